The van der Waals surface area contributed by atoms with Gasteiger partial charge in [0, 0.05) is 48.7 Å². The van der Waals surface area contributed by atoms with Gasteiger partial charge in [-0.05, 0) is 50.2 Å². The fraction of sp³-hybridized carbons (Fsp3) is 0.462. The summed E-state index contributed by atoms with van der Waals surface area (Å²) >= 11 is 7.98. The molecule has 1 N–H and O–H groups in total. The van der Waals surface area contributed by atoms with E-state index in [9.17, 15) is 14.7 Å². The van der Waals surface area contributed by atoms with Crippen LogP contribution in [0.15, 0.2) is 35.0 Å². The predicted octanol–water partition coefficient (Wildman–Crippen LogP) is 6.71. The Hall–Kier alpha value is -2.71. The van der Waals surface area contributed by atoms with Crippen molar-refractivity contribution in [3.05, 3.63) is 52.3 Å². The van der Waals surface area contributed by atoms with Crippen LogP contribution in [-0.2, 0) is 16.0 Å². The van der Waals surface area contributed by atoms with Crippen molar-refractivity contribution in [2.45, 2.75) is 71.1 Å². The molecular formula is C26H30ClN3O4S. The molecule has 1 atom stereocenters. The molecule has 9 heteroatoms. The lowest BCUT2D eigenvalue weighted by atomic mass is 9.90. The van der Waals surface area contributed by atoms with Gasteiger partial charge in [-0.1, -0.05) is 36.7 Å². The quantitative estimate of drug-likeness (QED) is 0.285. The Kier molecular flexibility index (Phi) is 7.91. The highest BCUT2D eigenvalue weighted by Crippen LogP contribution is 2.49. The zero-order chi connectivity index (χ0) is 25.1. The lowest BCUT2D eigenvalue weighted by molar-refractivity contribution is -0.137. The molecule has 2 heterocycles. The van der Waals surface area contributed by atoms with Crippen LogP contribution < -0.4 is 4.42 Å². The fourth-order valence-electron chi connectivity index (χ4n) is 4.15. The van der Waals surface area contributed by atoms with Crippen LogP contribution in [0.25, 0.3) is 10.6 Å². The monoisotopic (exact) mass is 515 g/mol. The van der Waals surface area contributed by atoms with Crippen molar-refractivity contribution < 1.29 is 19.2 Å². The lowest BCUT2D eigenvalue weighted by Gasteiger charge is -2.19. The first-order chi connectivity index (χ1) is 16.7. The van der Waals surface area contributed by atoms with Gasteiger partial charge in [-0.3, -0.25) is 9.59 Å². The summed E-state index contributed by atoms with van der Waals surface area (Å²) in [6.07, 6.45) is 4.99. The number of aryl methyl sites for hydroxylation is 1. The number of carboxylic acid groups (broad SMARTS) is 1. The summed E-state index contributed by atoms with van der Waals surface area (Å²) < 4.78 is 6.95. The number of aromatic nitrogens is 2. The number of aliphatic carboxylic acids is 1. The number of carboxylic acids is 1. The van der Waals surface area contributed by atoms with Gasteiger partial charge in [0.15, 0.2) is 5.76 Å². The molecule has 7 nitrogen and oxygen atoms in total. The maximum Gasteiger partial charge on any atom is 0.303 e. The topological polar surface area (TPSA) is 96.5 Å². The number of hydrogen-bond acceptors (Lipinski definition) is 6. The van der Waals surface area contributed by atoms with Crippen LogP contribution in [0.5, 0.6) is 0 Å². The highest BCUT2D eigenvalue weighted by molar-refractivity contribution is 7.15. The lowest BCUT2D eigenvalue weighted by Crippen LogP contribution is -2.23. The number of nitrogens with zero attached hydrogens (tertiary/aromatic N) is 3. The minimum atomic E-state index is -0.916. The number of thiazole rings is 1. The highest BCUT2D eigenvalue weighted by atomic mass is 35.5. The van der Waals surface area contributed by atoms with Crippen molar-refractivity contribution in [2.24, 2.45) is 5.92 Å². The van der Waals surface area contributed by atoms with Crippen molar-refractivity contribution in [1.29, 1.82) is 0 Å². The molecule has 0 bridgehead atoms. The number of carbonyl (C=O) groups is 2. The van der Waals surface area contributed by atoms with Crippen molar-refractivity contribution in [1.82, 2.24) is 10.1 Å². The summed E-state index contributed by atoms with van der Waals surface area (Å²) in [5.41, 5.74) is 3.30. The van der Waals surface area contributed by atoms with Gasteiger partial charge in [-0.25, -0.2) is 9.40 Å². The number of amides is 1. The Bertz CT molecular complexity index is 1180. The molecule has 1 saturated carbocycles. The zero-order valence-electron chi connectivity index (χ0n) is 20.2. The summed E-state index contributed by atoms with van der Waals surface area (Å²) in [5.74, 6) is -0.143. The Morgan fingerprint density at radius 2 is 1.97 bits per heavy atom. The van der Waals surface area contributed by atoms with E-state index in [1.165, 1.54) is 0 Å². The first-order valence-corrected chi connectivity index (χ1v) is 13.1. The average Bonchev–Trinajstić information content (AvgIpc) is 3.39. The molecule has 1 aromatic carbocycles. The number of rotatable bonds is 11. The molecule has 1 unspecified atom stereocenters. The number of anilines is 1. The van der Waals surface area contributed by atoms with Gasteiger partial charge in [0.2, 0.25) is 5.91 Å². The molecule has 0 aliphatic heterocycles. The molecule has 2 aromatic heterocycles. The molecular weight excluding hydrogens is 486 g/mol. The van der Waals surface area contributed by atoms with E-state index in [4.69, 9.17) is 16.3 Å². The van der Waals surface area contributed by atoms with E-state index in [1.807, 2.05) is 25.3 Å². The van der Waals surface area contributed by atoms with Crippen LogP contribution in [0.2, 0.25) is 0 Å². The summed E-state index contributed by atoms with van der Waals surface area (Å²) in [6.45, 7) is 6.27. The van der Waals surface area contributed by atoms with Crippen molar-refractivity contribution >= 4 is 40.7 Å². The second-order valence-corrected chi connectivity index (χ2v) is 11.1. The predicted molar refractivity (Wildman–Crippen MR) is 137 cm³/mol. The summed E-state index contributed by atoms with van der Waals surface area (Å²) in [6, 6.07) is 7.35. The first-order valence-electron chi connectivity index (χ1n) is 11.9. The number of carbonyl (C=O) groups excluding carboxylic acids is 1. The molecule has 1 amide bonds. The molecule has 0 radical (unpaired) electrons. The molecule has 186 valence electrons. The van der Waals surface area contributed by atoms with Crippen LogP contribution >= 0.6 is 23.1 Å². The summed E-state index contributed by atoms with van der Waals surface area (Å²) in [7, 11) is 0. The summed E-state index contributed by atoms with van der Waals surface area (Å²) in [4.78, 5) is 30.0. The van der Waals surface area contributed by atoms with Gasteiger partial charge in [-0.2, -0.15) is 0 Å². The molecule has 1 fully saturated rings. The maximum atomic E-state index is 13.1. The second-order valence-electron chi connectivity index (χ2n) is 9.64. The third-order valence-corrected chi connectivity index (χ3v) is 7.50. The van der Waals surface area contributed by atoms with Gasteiger partial charge in [-0.15, -0.1) is 11.3 Å². The fourth-order valence-corrected chi connectivity index (χ4v) is 5.45. The zero-order valence-corrected chi connectivity index (χ0v) is 21.7. The minimum absolute atomic E-state index is 0.0393. The normalized spacial score (nSPS) is 14.3. The molecule has 4 rings (SSSR count). The first kappa shape index (κ1) is 25.4. The van der Waals surface area contributed by atoms with Crippen LogP contribution in [-0.4, -0.2) is 27.1 Å². The van der Waals surface area contributed by atoms with E-state index in [-0.39, 0.29) is 25.2 Å². The molecule has 0 spiro atoms. The standard InChI is InChI=1S/C26H30ClN3O4S/c1-15(2)12-21-28-14-20(35-21)26-24(17-6-7-17)25(29-34-26)18(8-11-23(32)33)13-22(31)30(27)19-9-4-16(3)5-10-19/h4-5,9-10,14-15,17-18H,6-8,11-13H2,1-3H3,(H,32,33). The van der Waals surface area contributed by atoms with E-state index in [0.717, 1.165) is 44.7 Å². The Balaban J connectivity index is 1.62. The maximum absolute atomic E-state index is 13.1. The van der Waals surface area contributed by atoms with Crippen LogP contribution in [0, 0.1) is 12.8 Å². The third kappa shape index (κ3) is 6.30. The second kappa shape index (κ2) is 10.9. The Labute approximate surface area is 214 Å². The van der Waals surface area contributed by atoms with Gasteiger partial charge < -0.3 is 9.63 Å². The Morgan fingerprint density at radius 1 is 1.26 bits per heavy atom. The summed E-state index contributed by atoms with van der Waals surface area (Å²) in [5, 5.41) is 14.8. The van der Waals surface area contributed by atoms with E-state index in [2.05, 4.69) is 24.0 Å². The van der Waals surface area contributed by atoms with Crippen LogP contribution in [0.3, 0.4) is 0 Å². The Morgan fingerprint density at radius 3 is 2.60 bits per heavy atom. The van der Waals surface area contributed by atoms with E-state index >= 15 is 0 Å². The van der Waals surface area contributed by atoms with Crippen LogP contribution in [0.4, 0.5) is 5.69 Å². The number of benzene rings is 1. The van der Waals surface area contributed by atoms with Crippen molar-refractivity contribution in [3.8, 4) is 10.6 Å². The minimum Gasteiger partial charge on any atom is -0.481 e. The molecule has 0 saturated heterocycles. The van der Waals surface area contributed by atoms with Gasteiger partial charge >= 0.3 is 5.97 Å². The van der Waals surface area contributed by atoms with Crippen molar-refractivity contribution in [2.75, 3.05) is 4.42 Å². The van der Waals surface area contributed by atoms with E-state index in [1.54, 1.807) is 23.5 Å². The van der Waals surface area contributed by atoms with E-state index < -0.39 is 11.9 Å². The number of hydrogen-bond donors (Lipinski definition) is 1. The molecule has 35 heavy (non-hydrogen) atoms. The van der Waals surface area contributed by atoms with Crippen molar-refractivity contribution in [3.63, 3.8) is 0 Å². The molecule has 3 aromatic rings. The molecule has 1 aliphatic rings. The average molecular weight is 516 g/mol. The van der Waals surface area contributed by atoms with E-state index in [0.29, 0.717) is 29.0 Å². The van der Waals surface area contributed by atoms with Gasteiger partial charge in [0.25, 0.3) is 0 Å². The highest BCUT2D eigenvalue weighted by Gasteiger charge is 2.37. The SMILES string of the molecule is Cc1ccc(N(Cl)C(=O)CC(CCC(=O)O)c2noc(-c3cnc(CC(C)C)s3)c2C2CC2)cc1. The smallest absolute Gasteiger partial charge is 0.303 e. The third-order valence-electron chi connectivity index (χ3n) is 6.10. The van der Waals surface area contributed by atoms with Gasteiger partial charge in [0.05, 0.1) is 21.3 Å². The largest absolute Gasteiger partial charge is 0.481 e. The van der Waals surface area contributed by atoms with Gasteiger partial charge in [0.1, 0.15) is 0 Å². The number of halogens is 1. The van der Waals surface area contributed by atoms with Crippen LogP contribution in [0.1, 0.15) is 79.6 Å². The molecule has 1 aliphatic carbocycles.